The van der Waals surface area contributed by atoms with Crippen LogP contribution >= 0.6 is 0 Å². The molecule has 1 aromatic carbocycles. The zero-order valence-electron chi connectivity index (χ0n) is 11.2. The average Bonchev–Trinajstić information content (AvgIpc) is 2.46. The molecular weight excluding hydrogens is 238 g/mol. The second kappa shape index (κ2) is 6.09. The number of carbonyl (C=O) groups excluding carboxylic acids is 1. The van der Waals surface area contributed by atoms with E-state index >= 15 is 0 Å². The first kappa shape index (κ1) is 13.2. The minimum Gasteiger partial charge on any atom is -0.334 e. The fourth-order valence-corrected chi connectivity index (χ4v) is 1.80. The summed E-state index contributed by atoms with van der Waals surface area (Å²) in [6.07, 6.45) is 3.85. The van der Waals surface area contributed by atoms with Crippen molar-refractivity contribution in [2.45, 2.75) is 26.4 Å². The molecule has 2 rings (SSSR count). The normalized spacial score (nSPS) is 10.5. The van der Waals surface area contributed by atoms with Gasteiger partial charge in [0.05, 0.1) is 5.56 Å². The lowest BCUT2D eigenvalue weighted by Crippen LogP contribution is -2.31. The molecule has 0 spiro atoms. The highest BCUT2D eigenvalue weighted by molar-refractivity contribution is 5.73. The molecule has 4 heteroatoms. The maximum Gasteiger partial charge on any atom is 0.225 e. The Balaban J connectivity index is 2.22. The molecule has 98 valence electrons. The Labute approximate surface area is 113 Å². The highest BCUT2D eigenvalue weighted by atomic mass is 16.1. The first-order valence-corrected chi connectivity index (χ1v) is 6.28. The lowest BCUT2D eigenvalue weighted by Gasteiger charge is -2.26. The van der Waals surface area contributed by atoms with Gasteiger partial charge in [-0.3, -0.25) is 4.79 Å². The van der Waals surface area contributed by atoms with Crippen LogP contribution in [-0.4, -0.2) is 22.3 Å². The molecule has 0 aliphatic rings. The summed E-state index contributed by atoms with van der Waals surface area (Å²) in [5.74, 6) is 0.643. The Morgan fingerprint density at radius 3 is 2.32 bits per heavy atom. The van der Waals surface area contributed by atoms with Gasteiger partial charge in [-0.1, -0.05) is 30.3 Å². The van der Waals surface area contributed by atoms with Gasteiger partial charge in [0.25, 0.3) is 0 Å². The summed E-state index contributed by atoms with van der Waals surface area (Å²) >= 11 is 0. The molecule has 0 saturated heterocycles. The minimum absolute atomic E-state index is 0.280. The van der Waals surface area contributed by atoms with Crippen LogP contribution in [0, 0.1) is 0 Å². The van der Waals surface area contributed by atoms with Crippen molar-refractivity contribution in [3.05, 3.63) is 53.9 Å². The fraction of sp³-hybridized carbons (Fsp3) is 0.267. The van der Waals surface area contributed by atoms with Crippen LogP contribution in [0.25, 0.3) is 0 Å². The Morgan fingerprint density at radius 2 is 1.79 bits per heavy atom. The monoisotopic (exact) mass is 255 g/mol. The standard InChI is InChI=1S/C15H17N3O/c1-12(2)18(10-13-6-4-3-5-7-13)15-16-8-14(11-19)9-17-15/h3-9,11-12H,10H2,1-2H3. The maximum absolute atomic E-state index is 10.6. The van der Waals surface area contributed by atoms with E-state index in [1.54, 1.807) is 12.4 Å². The maximum atomic E-state index is 10.6. The summed E-state index contributed by atoms with van der Waals surface area (Å²) in [6, 6.07) is 10.5. The molecule has 0 saturated carbocycles. The van der Waals surface area contributed by atoms with Gasteiger partial charge in [0.15, 0.2) is 6.29 Å². The molecule has 0 unspecified atom stereocenters. The van der Waals surface area contributed by atoms with Crippen molar-refractivity contribution in [1.82, 2.24) is 9.97 Å². The molecule has 0 fully saturated rings. The molecule has 0 aliphatic carbocycles. The van der Waals surface area contributed by atoms with E-state index in [9.17, 15) is 4.79 Å². The van der Waals surface area contributed by atoms with Gasteiger partial charge < -0.3 is 4.90 Å². The number of anilines is 1. The summed E-state index contributed by atoms with van der Waals surface area (Å²) in [5, 5.41) is 0. The van der Waals surface area contributed by atoms with Gasteiger partial charge in [0, 0.05) is 25.0 Å². The highest BCUT2D eigenvalue weighted by Crippen LogP contribution is 2.15. The number of carbonyl (C=O) groups is 1. The summed E-state index contributed by atoms with van der Waals surface area (Å²) in [7, 11) is 0. The molecule has 2 aromatic rings. The van der Waals surface area contributed by atoms with E-state index in [4.69, 9.17) is 0 Å². The topological polar surface area (TPSA) is 46.1 Å². The molecular formula is C15H17N3O. The zero-order chi connectivity index (χ0) is 13.7. The van der Waals surface area contributed by atoms with Crippen LogP contribution in [0.4, 0.5) is 5.95 Å². The Hall–Kier alpha value is -2.23. The number of nitrogens with zero attached hydrogens (tertiary/aromatic N) is 3. The van der Waals surface area contributed by atoms with E-state index in [0.717, 1.165) is 12.8 Å². The van der Waals surface area contributed by atoms with Gasteiger partial charge in [-0.15, -0.1) is 0 Å². The number of hydrogen-bond acceptors (Lipinski definition) is 4. The molecule has 0 bridgehead atoms. The Kier molecular flexibility index (Phi) is 4.23. The molecule has 1 aromatic heterocycles. The van der Waals surface area contributed by atoms with Crippen LogP contribution in [0.1, 0.15) is 29.8 Å². The van der Waals surface area contributed by atoms with Crippen LogP contribution < -0.4 is 4.90 Å². The number of aldehydes is 1. The van der Waals surface area contributed by atoms with Gasteiger partial charge in [0.1, 0.15) is 0 Å². The van der Waals surface area contributed by atoms with Crippen LogP contribution in [0.15, 0.2) is 42.7 Å². The molecule has 0 atom stereocenters. The summed E-state index contributed by atoms with van der Waals surface area (Å²) in [4.78, 5) is 21.2. The smallest absolute Gasteiger partial charge is 0.225 e. The summed E-state index contributed by atoms with van der Waals surface area (Å²) in [6.45, 7) is 4.94. The second-order valence-corrected chi connectivity index (χ2v) is 4.64. The third kappa shape index (κ3) is 3.37. The van der Waals surface area contributed by atoms with Crippen LogP contribution in [0.2, 0.25) is 0 Å². The van der Waals surface area contributed by atoms with Crippen LogP contribution in [0.3, 0.4) is 0 Å². The Bertz CT molecular complexity index is 523. The SMILES string of the molecule is CC(C)N(Cc1ccccc1)c1ncc(C=O)cn1. The second-order valence-electron chi connectivity index (χ2n) is 4.64. The van der Waals surface area contributed by atoms with Crippen molar-refractivity contribution in [2.75, 3.05) is 4.90 Å². The van der Waals surface area contributed by atoms with Crippen molar-refractivity contribution in [1.29, 1.82) is 0 Å². The predicted molar refractivity (Wildman–Crippen MR) is 75.2 cm³/mol. The summed E-state index contributed by atoms with van der Waals surface area (Å²) in [5.41, 5.74) is 1.70. The first-order chi connectivity index (χ1) is 9.20. The van der Waals surface area contributed by atoms with E-state index in [-0.39, 0.29) is 6.04 Å². The molecule has 1 heterocycles. The van der Waals surface area contributed by atoms with E-state index in [1.165, 1.54) is 5.56 Å². The first-order valence-electron chi connectivity index (χ1n) is 6.28. The van der Waals surface area contributed by atoms with Crippen molar-refractivity contribution in [3.63, 3.8) is 0 Å². The van der Waals surface area contributed by atoms with E-state index in [1.807, 2.05) is 18.2 Å². The zero-order valence-corrected chi connectivity index (χ0v) is 11.2. The number of benzene rings is 1. The summed E-state index contributed by atoms with van der Waals surface area (Å²) < 4.78 is 0. The minimum atomic E-state index is 0.280. The lowest BCUT2D eigenvalue weighted by atomic mass is 10.2. The number of rotatable bonds is 5. The quantitative estimate of drug-likeness (QED) is 0.771. The number of hydrogen-bond donors (Lipinski definition) is 0. The van der Waals surface area contributed by atoms with Gasteiger partial charge in [-0.2, -0.15) is 0 Å². The molecule has 19 heavy (non-hydrogen) atoms. The van der Waals surface area contributed by atoms with Gasteiger partial charge in [-0.05, 0) is 19.4 Å². The van der Waals surface area contributed by atoms with Gasteiger partial charge >= 0.3 is 0 Å². The van der Waals surface area contributed by atoms with Crippen molar-refractivity contribution in [3.8, 4) is 0 Å². The molecule has 0 radical (unpaired) electrons. The molecule has 0 N–H and O–H groups in total. The van der Waals surface area contributed by atoms with E-state index < -0.39 is 0 Å². The van der Waals surface area contributed by atoms with Crippen LogP contribution in [-0.2, 0) is 6.54 Å². The van der Waals surface area contributed by atoms with E-state index in [0.29, 0.717) is 11.5 Å². The van der Waals surface area contributed by atoms with Crippen molar-refractivity contribution in [2.24, 2.45) is 0 Å². The Morgan fingerprint density at radius 1 is 1.16 bits per heavy atom. The van der Waals surface area contributed by atoms with Gasteiger partial charge in [-0.25, -0.2) is 9.97 Å². The lowest BCUT2D eigenvalue weighted by molar-refractivity contribution is 0.112. The molecule has 0 amide bonds. The number of aromatic nitrogens is 2. The molecule has 4 nitrogen and oxygen atoms in total. The van der Waals surface area contributed by atoms with Crippen molar-refractivity contribution < 1.29 is 4.79 Å². The van der Waals surface area contributed by atoms with Gasteiger partial charge in [0.2, 0.25) is 5.95 Å². The average molecular weight is 255 g/mol. The van der Waals surface area contributed by atoms with E-state index in [2.05, 4.69) is 40.8 Å². The van der Waals surface area contributed by atoms with Crippen molar-refractivity contribution >= 4 is 12.2 Å². The van der Waals surface area contributed by atoms with Crippen LogP contribution in [0.5, 0.6) is 0 Å². The highest BCUT2D eigenvalue weighted by Gasteiger charge is 2.13. The largest absolute Gasteiger partial charge is 0.334 e. The fourth-order valence-electron chi connectivity index (χ4n) is 1.80. The third-order valence-electron chi connectivity index (χ3n) is 2.87. The predicted octanol–water partition coefficient (Wildman–Crippen LogP) is 2.70. The molecule has 0 aliphatic heterocycles. The third-order valence-corrected chi connectivity index (χ3v) is 2.87.